The minimum absolute atomic E-state index is 0.944. The molecule has 3 heteroatoms. The molecule has 1 aliphatic rings. The fourth-order valence-corrected chi connectivity index (χ4v) is 2.45. The Morgan fingerprint density at radius 2 is 2.11 bits per heavy atom. The van der Waals surface area contributed by atoms with Gasteiger partial charge < -0.3 is 5.32 Å². The number of anilines is 1. The van der Waals surface area contributed by atoms with Crippen LogP contribution in [0.5, 0.6) is 0 Å². The summed E-state index contributed by atoms with van der Waals surface area (Å²) in [6.07, 6.45) is 8.97. The van der Waals surface area contributed by atoms with Crippen LogP contribution < -0.4 is 5.32 Å². The molecule has 0 spiro atoms. The van der Waals surface area contributed by atoms with Crippen molar-refractivity contribution in [2.75, 3.05) is 11.9 Å². The summed E-state index contributed by atoms with van der Waals surface area (Å²) in [4.78, 5) is 8.59. The molecule has 1 aliphatic carbocycles. The van der Waals surface area contributed by atoms with E-state index < -0.39 is 0 Å². The lowest BCUT2D eigenvalue weighted by Crippen LogP contribution is -2.04. The number of hydrogen-bond donors (Lipinski definition) is 1. The SMILES string of the molecule is C1=C(CCNc2ncnc3ccccc23)CCC1. The quantitative estimate of drug-likeness (QED) is 0.829. The predicted octanol–water partition coefficient (Wildman–Crippen LogP) is 3.54. The first kappa shape index (κ1) is 11.2. The standard InChI is InChI=1S/C15H17N3/c1-2-6-12(5-1)9-10-16-15-13-7-3-4-8-14(13)17-11-18-15/h3-5,7-8,11H,1-2,6,9-10H2,(H,16,17,18). The van der Waals surface area contributed by atoms with Crippen molar-refractivity contribution < 1.29 is 0 Å². The molecule has 0 saturated heterocycles. The van der Waals surface area contributed by atoms with E-state index in [-0.39, 0.29) is 0 Å². The van der Waals surface area contributed by atoms with Crippen LogP contribution in [0.1, 0.15) is 25.7 Å². The molecule has 0 bridgehead atoms. The van der Waals surface area contributed by atoms with Crippen molar-refractivity contribution in [2.24, 2.45) is 0 Å². The van der Waals surface area contributed by atoms with Crippen molar-refractivity contribution in [3.63, 3.8) is 0 Å². The fraction of sp³-hybridized carbons (Fsp3) is 0.333. The smallest absolute Gasteiger partial charge is 0.137 e. The Morgan fingerprint density at radius 3 is 3.00 bits per heavy atom. The number of benzene rings is 1. The molecule has 0 saturated carbocycles. The zero-order chi connectivity index (χ0) is 12.2. The molecule has 0 radical (unpaired) electrons. The van der Waals surface area contributed by atoms with Gasteiger partial charge in [-0.25, -0.2) is 9.97 Å². The summed E-state index contributed by atoms with van der Waals surface area (Å²) >= 11 is 0. The van der Waals surface area contributed by atoms with Crippen molar-refractivity contribution in [3.05, 3.63) is 42.2 Å². The van der Waals surface area contributed by atoms with E-state index >= 15 is 0 Å². The van der Waals surface area contributed by atoms with Crippen LogP contribution in [-0.2, 0) is 0 Å². The van der Waals surface area contributed by atoms with Gasteiger partial charge in [0.2, 0.25) is 0 Å². The van der Waals surface area contributed by atoms with Gasteiger partial charge in [-0.2, -0.15) is 0 Å². The van der Waals surface area contributed by atoms with Crippen LogP contribution in [-0.4, -0.2) is 16.5 Å². The summed E-state index contributed by atoms with van der Waals surface area (Å²) in [7, 11) is 0. The van der Waals surface area contributed by atoms with Gasteiger partial charge >= 0.3 is 0 Å². The molecule has 3 rings (SSSR count). The zero-order valence-corrected chi connectivity index (χ0v) is 10.4. The molecule has 2 aromatic rings. The Morgan fingerprint density at radius 1 is 1.17 bits per heavy atom. The van der Waals surface area contributed by atoms with Gasteiger partial charge in [0.25, 0.3) is 0 Å². The second-order valence-electron chi connectivity index (χ2n) is 4.67. The minimum atomic E-state index is 0.944. The summed E-state index contributed by atoms with van der Waals surface area (Å²) < 4.78 is 0. The highest BCUT2D eigenvalue weighted by Gasteiger charge is 2.05. The largest absolute Gasteiger partial charge is 0.369 e. The third-order valence-corrected chi connectivity index (χ3v) is 3.42. The lowest BCUT2D eigenvalue weighted by molar-refractivity contribution is 0.862. The van der Waals surface area contributed by atoms with E-state index in [0.717, 1.165) is 29.7 Å². The highest BCUT2D eigenvalue weighted by atomic mass is 15.0. The molecule has 18 heavy (non-hydrogen) atoms. The minimum Gasteiger partial charge on any atom is -0.369 e. The summed E-state index contributed by atoms with van der Waals surface area (Å²) in [5.41, 5.74) is 2.58. The molecule has 0 fully saturated rings. The molecule has 1 aromatic heterocycles. The van der Waals surface area contributed by atoms with E-state index in [0.29, 0.717) is 0 Å². The number of rotatable bonds is 4. The fourth-order valence-electron chi connectivity index (χ4n) is 2.45. The van der Waals surface area contributed by atoms with Crippen LogP contribution in [0.4, 0.5) is 5.82 Å². The molecule has 0 atom stereocenters. The highest BCUT2D eigenvalue weighted by Crippen LogP contribution is 2.22. The topological polar surface area (TPSA) is 37.8 Å². The molecular weight excluding hydrogens is 222 g/mol. The van der Waals surface area contributed by atoms with Crippen molar-refractivity contribution >= 4 is 16.7 Å². The Labute approximate surface area is 107 Å². The Hall–Kier alpha value is -1.90. The van der Waals surface area contributed by atoms with Gasteiger partial charge in [0, 0.05) is 11.9 Å². The summed E-state index contributed by atoms with van der Waals surface area (Å²) in [5.74, 6) is 0.944. The van der Waals surface area contributed by atoms with Gasteiger partial charge in [-0.3, -0.25) is 0 Å². The van der Waals surface area contributed by atoms with Crippen LogP contribution in [0.15, 0.2) is 42.2 Å². The number of hydrogen-bond acceptors (Lipinski definition) is 3. The van der Waals surface area contributed by atoms with Crippen LogP contribution in [0.25, 0.3) is 10.9 Å². The monoisotopic (exact) mass is 239 g/mol. The van der Waals surface area contributed by atoms with E-state index in [4.69, 9.17) is 0 Å². The number of allylic oxidation sites excluding steroid dienone is 1. The molecule has 1 aromatic carbocycles. The van der Waals surface area contributed by atoms with Gasteiger partial charge in [0.15, 0.2) is 0 Å². The number of aromatic nitrogens is 2. The summed E-state index contributed by atoms with van der Waals surface area (Å²) in [6.45, 7) is 0.951. The van der Waals surface area contributed by atoms with Crippen LogP contribution >= 0.6 is 0 Å². The number of para-hydroxylation sites is 1. The van der Waals surface area contributed by atoms with Crippen molar-refractivity contribution in [1.82, 2.24) is 9.97 Å². The Bertz CT molecular complexity index is 569. The summed E-state index contributed by atoms with van der Waals surface area (Å²) in [6, 6.07) is 8.10. The van der Waals surface area contributed by atoms with E-state index in [2.05, 4.69) is 27.4 Å². The van der Waals surface area contributed by atoms with E-state index in [1.54, 1.807) is 11.9 Å². The number of nitrogens with one attached hydrogen (secondary N) is 1. The van der Waals surface area contributed by atoms with Gasteiger partial charge in [0.1, 0.15) is 12.1 Å². The zero-order valence-electron chi connectivity index (χ0n) is 10.4. The lowest BCUT2D eigenvalue weighted by atomic mass is 10.1. The van der Waals surface area contributed by atoms with Crippen molar-refractivity contribution in [2.45, 2.75) is 25.7 Å². The molecule has 0 amide bonds. The van der Waals surface area contributed by atoms with E-state index in [1.807, 2.05) is 18.2 Å². The van der Waals surface area contributed by atoms with Gasteiger partial charge in [-0.15, -0.1) is 0 Å². The number of fused-ring (bicyclic) bond motifs is 1. The van der Waals surface area contributed by atoms with Crippen LogP contribution in [0.3, 0.4) is 0 Å². The first-order valence-electron chi connectivity index (χ1n) is 6.55. The second-order valence-corrected chi connectivity index (χ2v) is 4.67. The maximum absolute atomic E-state index is 4.33. The van der Waals surface area contributed by atoms with Crippen molar-refractivity contribution in [1.29, 1.82) is 0 Å². The maximum atomic E-state index is 4.33. The third-order valence-electron chi connectivity index (χ3n) is 3.42. The third kappa shape index (κ3) is 2.35. The van der Waals surface area contributed by atoms with Gasteiger partial charge in [-0.1, -0.05) is 23.8 Å². The predicted molar refractivity (Wildman–Crippen MR) is 74.6 cm³/mol. The molecule has 1 heterocycles. The first-order chi connectivity index (χ1) is 8.93. The Balaban J connectivity index is 1.70. The number of nitrogens with zero attached hydrogens (tertiary/aromatic N) is 2. The van der Waals surface area contributed by atoms with Crippen molar-refractivity contribution in [3.8, 4) is 0 Å². The summed E-state index contributed by atoms with van der Waals surface area (Å²) in [5, 5.41) is 4.52. The van der Waals surface area contributed by atoms with E-state index in [9.17, 15) is 0 Å². The molecule has 0 unspecified atom stereocenters. The van der Waals surface area contributed by atoms with Gasteiger partial charge in [0.05, 0.1) is 5.52 Å². The Kier molecular flexibility index (Phi) is 3.22. The molecule has 92 valence electrons. The van der Waals surface area contributed by atoms with E-state index in [1.165, 1.54) is 19.3 Å². The second kappa shape index (κ2) is 5.17. The first-order valence-corrected chi connectivity index (χ1v) is 6.55. The van der Waals surface area contributed by atoms with Gasteiger partial charge in [-0.05, 0) is 37.8 Å². The normalized spacial score (nSPS) is 14.8. The average Bonchev–Trinajstić information content (AvgIpc) is 2.92. The molecule has 1 N–H and O–H groups in total. The maximum Gasteiger partial charge on any atom is 0.137 e. The molecule has 3 nitrogen and oxygen atoms in total. The van der Waals surface area contributed by atoms with Crippen LogP contribution in [0.2, 0.25) is 0 Å². The van der Waals surface area contributed by atoms with Crippen LogP contribution in [0, 0.1) is 0 Å². The molecular formula is C15H17N3. The lowest BCUT2D eigenvalue weighted by Gasteiger charge is -2.08. The molecule has 0 aliphatic heterocycles. The highest BCUT2D eigenvalue weighted by molar-refractivity contribution is 5.88. The average molecular weight is 239 g/mol.